The van der Waals surface area contributed by atoms with E-state index in [0.717, 1.165) is 12.8 Å². The summed E-state index contributed by atoms with van der Waals surface area (Å²) in [5.74, 6) is -0.454. The first-order valence-corrected chi connectivity index (χ1v) is 10.7. The summed E-state index contributed by atoms with van der Waals surface area (Å²) in [7, 11) is -3.84. The molecule has 0 unspecified atom stereocenters. The lowest BCUT2D eigenvalue weighted by Crippen LogP contribution is -2.27. The van der Waals surface area contributed by atoms with Crippen molar-refractivity contribution in [2.45, 2.75) is 31.6 Å². The van der Waals surface area contributed by atoms with Crippen molar-refractivity contribution < 1.29 is 18.0 Å². The highest BCUT2D eigenvalue weighted by Crippen LogP contribution is 2.20. The number of hydrogen-bond acceptors (Lipinski definition) is 4. The number of hydrogen-bond donors (Lipinski definition) is 3. The van der Waals surface area contributed by atoms with Gasteiger partial charge in [0, 0.05) is 36.6 Å². The molecule has 8 nitrogen and oxygen atoms in total. The van der Waals surface area contributed by atoms with Gasteiger partial charge in [0.1, 0.15) is 10.6 Å². The third-order valence-corrected chi connectivity index (χ3v) is 5.88. The number of benzene rings is 1. The van der Waals surface area contributed by atoms with Gasteiger partial charge in [0.05, 0.1) is 0 Å². The number of nitrogens with one attached hydrogen (secondary N) is 3. The Morgan fingerprint density at radius 2 is 1.68 bits per heavy atom. The Morgan fingerprint density at radius 1 is 1.07 bits per heavy atom. The van der Waals surface area contributed by atoms with Gasteiger partial charge in [-0.3, -0.25) is 14.3 Å². The molecular weight excluding hydrogens is 380 g/mol. The molecule has 1 aliphatic heterocycles. The second kappa shape index (κ2) is 8.05. The van der Waals surface area contributed by atoms with E-state index < -0.39 is 10.0 Å². The van der Waals surface area contributed by atoms with Crippen molar-refractivity contribution in [3.05, 3.63) is 42.2 Å². The Balaban J connectivity index is 1.68. The lowest BCUT2D eigenvalue weighted by molar-refractivity contribution is -0.118. The molecule has 3 rings (SSSR count). The quantitative estimate of drug-likeness (QED) is 0.687. The predicted octanol–water partition coefficient (Wildman–Crippen LogP) is 2.65. The average Bonchev–Trinajstić information content (AvgIpc) is 3.35. The van der Waals surface area contributed by atoms with Gasteiger partial charge in [-0.25, -0.2) is 8.42 Å². The average molecular weight is 404 g/mol. The minimum absolute atomic E-state index is 0.00719. The molecule has 0 bridgehead atoms. The third-order valence-electron chi connectivity index (χ3n) is 4.52. The van der Waals surface area contributed by atoms with Crippen LogP contribution >= 0.6 is 0 Å². The first-order chi connectivity index (χ1) is 13.3. The number of aromatic nitrogens is 1. The zero-order valence-corrected chi connectivity index (χ0v) is 16.7. The number of rotatable bonds is 6. The van der Waals surface area contributed by atoms with E-state index in [4.69, 9.17) is 0 Å². The molecule has 0 saturated carbocycles. The molecule has 2 amide bonds. The topological polar surface area (TPSA) is 111 Å². The van der Waals surface area contributed by atoms with Crippen molar-refractivity contribution in [2.75, 3.05) is 23.1 Å². The maximum Gasteiger partial charge on any atom is 0.270 e. The summed E-state index contributed by atoms with van der Waals surface area (Å²) in [4.78, 5) is 28.5. The lowest BCUT2D eigenvalue weighted by atomic mass is 10.2. The number of aromatic amines is 1. The minimum Gasteiger partial charge on any atom is -0.356 e. The maximum absolute atomic E-state index is 12.6. The molecule has 1 aromatic heterocycles. The van der Waals surface area contributed by atoms with Gasteiger partial charge < -0.3 is 15.2 Å². The first kappa shape index (κ1) is 19.9. The van der Waals surface area contributed by atoms with Crippen molar-refractivity contribution in [2.24, 2.45) is 5.92 Å². The summed E-state index contributed by atoms with van der Waals surface area (Å²) in [6.45, 7) is 4.96. The summed E-state index contributed by atoms with van der Waals surface area (Å²) >= 11 is 0. The zero-order valence-electron chi connectivity index (χ0n) is 15.9. The number of likely N-dealkylation sites (tertiary alicyclic amines) is 1. The summed E-state index contributed by atoms with van der Waals surface area (Å²) in [6, 6.07) is 7.72. The number of H-pyrrole nitrogens is 1. The third kappa shape index (κ3) is 4.53. The first-order valence-electron chi connectivity index (χ1n) is 9.18. The van der Waals surface area contributed by atoms with Gasteiger partial charge in [-0.15, -0.1) is 0 Å². The number of carbonyl (C=O) groups excluding carboxylic acids is 2. The molecule has 2 aromatic rings. The molecule has 0 spiro atoms. The van der Waals surface area contributed by atoms with Crippen molar-refractivity contribution in [3.63, 3.8) is 0 Å². The molecule has 0 atom stereocenters. The minimum atomic E-state index is -3.84. The fourth-order valence-corrected chi connectivity index (χ4v) is 3.92. The Hall–Kier alpha value is -2.81. The SMILES string of the molecule is CC(C)C(=O)Nc1ccc(NS(=O)(=O)c2c[nH]c(C(=O)N3CCCC3)c2)cc1. The van der Waals surface area contributed by atoms with E-state index in [0.29, 0.717) is 24.5 Å². The van der Waals surface area contributed by atoms with E-state index in [1.165, 1.54) is 12.3 Å². The van der Waals surface area contributed by atoms with E-state index in [9.17, 15) is 18.0 Å². The smallest absolute Gasteiger partial charge is 0.270 e. The largest absolute Gasteiger partial charge is 0.356 e. The van der Waals surface area contributed by atoms with Crippen molar-refractivity contribution in [1.29, 1.82) is 0 Å². The predicted molar refractivity (Wildman–Crippen MR) is 107 cm³/mol. The molecule has 3 N–H and O–H groups in total. The molecule has 1 saturated heterocycles. The van der Waals surface area contributed by atoms with E-state index in [1.807, 2.05) is 0 Å². The molecule has 2 heterocycles. The summed E-state index contributed by atoms with van der Waals surface area (Å²) in [5.41, 5.74) is 1.20. The van der Waals surface area contributed by atoms with Crippen molar-refractivity contribution in [1.82, 2.24) is 9.88 Å². The Morgan fingerprint density at radius 3 is 2.29 bits per heavy atom. The van der Waals surface area contributed by atoms with Gasteiger partial charge in [0.2, 0.25) is 5.91 Å². The molecule has 0 aliphatic carbocycles. The van der Waals surface area contributed by atoms with Gasteiger partial charge in [-0.2, -0.15) is 0 Å². The van der Waals surface area contributed by atoms with E-state index in [1.54, 1.807) is 43.0 Å². The molecule has 9 heteroatoms. The number of sulfonamides is 1. The molecule has 150 valence electrons. The number of nitrogens with zero attached hydrogens (tertiary/aromatic N) is 1. The van der Waals surface area contributed by atoms with Crippen LogP contribution < -0.4 is 10.0 Å². The summed E-state index contributed by atoms with van der Waals surface area (Å²) < 4.78 is 27.6. The Labute approximate surface area is 164 Å². The standard InChI is InChI=1S/C19H24N4O4S/c1-13(2)18(24)21-14-5-7-15(8-6-14)22-28(26,27)16-11-17(20-12-16)19(25)23-9-3-4-10-23/h5-8,11-13,20,22H,3-4,9-10H2,1-2H3,(H,21,24). The molecule has 1 fully saturated rings. The molecule has 0 radical (unpaired) electrons. The Kier molecular flexibility index (Phi) is 5.73. The van der Waals surface area contributed by atoms with Crippen molar-refractivity contribution >= 4 is 33.2 Å². The fraction of sp³-hybridized carbons (Fsp3) is 0.368. The zero-order chi connectivity index (χ0) is 20.3. The fourth-order valence-electron chi connectivity index (χ4n) is 2.87. The van der Waals surface area contributed by atoms with Gasteiger partial charge in [-0.1, -0.05) is 13.8 Å². The van der Waals surface area contributed by atoms with E-state index in [2.05, 4.69) is 15.0 Å². The van der Waals surface area contributed by atoms with Crippen LogP contribution in [0.15, 0.2) is 41.4 Å². The highest BCUT2D eigenvalue weighted by Gasteiger charge is 2.23. The lowest BCUT2D eigenvalue weighted by Gasteiger charge is -2.13. The van der Waals surface area contributed by atoms with E-state index >= 15 is 0 Å². The molecule has 28 heavy (non-hydrogen) atoms. The van der Waals surface area contributed by atoms with Gasteiger partial charge in [0.25, 0.3) is 15.9 Å². The van der Waals surface area contributed by atoms with Gasteiger partial charge >= 0.3 is 0 Å². The van der Waals surface area contributed by atoms with Crippen LogP contribution in [0.2, 0.25) is 0 Å². The highest BCUT2D eigenvalue weighted by atomic mass is 32.2. The van der Waals surface area contributed by atoms with Crippen LogP contribution in [-0.2, 0) is 14.8 Å². The van der Waals surface area contributed by atoms with Crippen LogP contribution in [0.1, 0.15) is 37.2 Å². The molecule has 1 aliphatic rings. The monoisotopic (exact) mass is 404 g/mol. The number of anilines is 2. The van der Waals surface area contributed by atoms with Crippen LogP contribution in [0.25, 0.3) is 0 Å². The van der Waals surface area contributed by atoms with Gasteiger partial charge in [0.15, 0.2) is 0 Å². The Bertz CT molecular complexity index is 958. The van der Waals surface area contributed by atoms with Crippen LogP contribution in [0, 0.1) is 5.92 Å². The van der Waals surface area contributed by atoms with Crippen LogP contribution in [0.4, 0.5) is 11.4 Å². The number of carbonyl (C=O) groups is 2. The second-order valence-electron chi connectivity index (χ2n) is 7.08. The highest BCUT2D eigenvalue weighted by molar-refractivity contribution is 7.92. The van der Waals surface area contributed by atoms with Crippen LogP contribution in [0.5, 0.6) is 0 Å². The van der Waals surface area contributed by atoms with Crippen LogP contribution in [0.3, 0.4) is 0 Å². The van der Waals surface area contributed by atoms with Crippen molar-refractivity contribution in [3.8, 4) is 0 Å². The summed E-state index contributed by atoms with van der Waals surface area (Å²) in [6.07, 6.45) is 3.24. The molecule has 1 aromatic carbocycles. The van der Waals surface area contributed by atoms with Gasteiger partial charge in [-0.05, 0) is 43.2 Å². The molecular formula is C19H24N4O4S. The normalized spacial score (nSPS) is 14.3. The van der Waals surface area contributed by atoms with E-state index in [-0.39, 0.29) is 28.3 Å². The maximum atomic E-state index is 12.6. The van der Waals surface area contributed by atoms with Crippen LogP contribution in [-0.4, -0.2) is 43.2 Å². The summed E-state index contributed by atoms with van der Waals surface area (Å²) in [5, 5.41) is 2.74. The second-order valence-corrected chi connectivity index (χ2v) is 8.76. The number of amides is 2.